The molecule has 19 heavy (non-hydrogen) atoms. The molecule has 4 heteroatoms. The Morgan fingerprint density at radius 2 is 2.00 bits per heavy atom. The molecule has 110 valence electrons. The Labute approximate surface area is 122 Å². The van der Waals surface area contributed by atoms with Crippen LogP contribution in [0.3, 0.4) is 0 Å². The van der Waals surface area contributed by atoms with Gasteiger partial charge in [0.05, 0.1) is 16.4 Å². The second kappa shape index (κ2) is 7.91. The lowest BCUT2D eigenvalue weighted by Crippen LogP contribution is -2.33. The first-order chi connectivity index (χ1) is 9.01. The van der Waals surface area contributed by atoms with Crippen molar-refractivity contribution in [2.24, 2.45) is 13.0 Å². The number of rotatable bonds is 8. The van der Waals surface area contributed by atoms with Gasteiger partial charge in [0.1, 0.15) is 0 Å². The minimum atomic E-state index is 0.600. The first-order valence-electron chi connectivity index (χ1n) is 7.44. The lowest BCUT2D eigenvalue weighted by atomic mass is 9.97. The highest BCUT2D eigenvalue weighted by Crippen LogP contribution is 2.23. The molecule has 0 spiro atoms. The molecule has 0 fully saturated rings. The summed E-state index contributed by atoms with van der Waals surface area (Å²) in [5, 5.41) is 8.90. The van der Waals surface area contributed by atoms with Crippen molar-refractivity contribution >= 4 is 11.6 Å². The van der Waals surface area contributed by atoms with Gasteiger partial charge >= 0.3 is 0 Å². The molecular weight excluding hydrogens is 258 g/mol. The zero-order chi connectivity index (χ0) is 14.4. The molecule has 1 aromatic heterocycles. The Morgan fingerprint density at radius 3 is 2.47 bits per heavy atom. The van der Waals surface area contributed by atoms with Crippen LogP contribution in [0, 0.1) is 5.92 Å². The van der Waals surface area contributed by atoms with Crippen molar-refractivity contribution in [1.82, 2.24) is 15.1 Å². The van der Waals surface area contributed by atoms with Crippen molar-refractivity contribution in [3.8, 4) is 0 Å². The van der Waals surface area contributed by atoms with Gasteiger partial charge in [0.15, 0.2) is 0 Å². The van der Waals surface area contributed by atoms with E-state index in [1.165, 1.54) is 12.1 Å². The van der Waals surface area contributed by atoms with Crippen LogP contribution in [0.2, 0.25) is 5.02 Å². The molecule has 0 aliphatic heterocycles. The molecule has 0 aliphatic rings. The monoisotopic (exact) mass is 285 g/mol. The third-order valence-corrected chi connectivity index (χ3v) is 4.14. The zero-order valence-corrected chi connectivity index (χ0v) is 13.7. The maximum Gasteiger partial charge on any atom is 0.0849 e. The molecule has 1 rings (SSSR count). The van der Waals surface area contributed by atoms with E-state index in [1.54, 1.807) is 0 Å². The molecule has 0 aliphatic carbocycles. The smallest absolute Gasteiger partial charge is 0.0849 e. The second-order valence-corrected chi connectivity index (χ2v) is 5.86. The number of hydrogen-bond donors (Lipinski definition) is 1. The Hall–Kier alpha value is -0.540. The average molecular weight is 286 g/mol. The zero-order valence-electron chi connectivity index (χ0n) is 13.0. The summed E-state index contributed by atoms with van der Waals surface area (Å²) < 4.78 is 1.94. The van der Waals surface area contributed by atoms with Gasteiger partial charge in [0, 0.05) is 13.1 Å². The van der Waals surface area contributed by atoms with Gasteiger partial charge in [-0.1, -0.05) is 39.3 Å². The van der Waals surface area contributed by atoms with Gasteiger partial charge in [0.2, 0.25) is 0 Å². The number of nitrogens with one attached hydrogen (secondary N) is 1. The van der Waals surface area contributed by atoms with Gasteiger partial charge in [-0.15, -0.1) is 0 Å². The fraction of sp³-hybridized carbons (Fsp3) is 0.800. The second-order valence-electron chi connectivity index (χ2n) is 5.48. The lowest BCUT2D eigenvalue weighted by molar-refractivity contribution is 0.376. The normalized spacial score (nSPS) is 13.2. The number of halogens is 1. The van der Waals surface area contributed by atoms with Crippen LogP contribution >= 0.6 is 11.6 Å². The van der Waals surface area contributed by atoms with Crippen molar-refractivity contribution in [1.29, 1.82) is 0 Å². The summed E-state index contributed by atoms with van der Waals surface area (Å²) >= 11 is 6.37. The van der Waals surface area contributed by atoms with E-state index in [1.807, 2.05) is 11.7 Å². The third-order valence-electron chi connectivity index (χ3n) is 3.70. The Morgan fingerprint density at radius 1 is 1.32 bits per heavy atom. The predicted octanol–water partition coefficient (Wildman–Crippen LogP) is 3.59. The van der Waals surface area contributed by atoms with Crippen LogP contribution in [-0.2, 0) is 19.9 Å². The van der Waals surface area contributed by atoms with Crippen LogP contribution < -0.4 is 5.32 Å². The standard InChI is InChI=1S/C15H28ClN3/c1-6-12-15(16)14(19(5)18-12)10-8-9-13(11(3)4)17-7-2/h11,13,17H,6-10H2,1-5H3. The highest BCUT2D eigenvalue weighted by molar-refractivity contribution is 6.31. The first kappa shape index (κ1) is 16.5. The topological polar surface area (TPSA) is 29.9 Å². The summed E-state index contributed by atoms with van der Waals surface area (Å²) in [7, 11) is 1.99. The van der Waals surface area contributed by atoms with Gasteiger partial charge in [-0.25, -0.2) is 0 Å². The third kappa shape index (κ3) is 4.50. The van der Waals surface area contributed by atoms with E-state index in [2.05, 4.69) is 38.1 Å². The molecule has 0 radical (unpaired) electrons. The van der Waals surface area contributed by atoms with E-state index < -0.39 is 0 Å². The molecule has 0 aromatic carbocycles. The van der Waals surface area contributed by atoms with E-state index in [0.717, 1.165) is 36.5 Å². The molecule has 1 unspecified atom stereocenters. The molecule has 3 nitrogen and oxygen atoms in total. The van der Waals surface area contributed by atoms with Crippen LogP contribution in [-0.4, -0.2) is 22.4 Å². The SMILES string of the molecule is CCNC(CCCc1c(Cl)c(CC)nn1C)C(C)C. The fourth-order valence-electron chi connectivity index (χ4n) is 2.51. The summed E-state index contributed by atoms with van der Waals surface area (Å²) in [5.41, 5.74) is 2.20. The Bertz CT molecular complexity index is 385. The first-order valence-corrected chi connectivity index (χ1v) is 7.82. The number of nitrogens with zero attached hydrogens (tertiary/aromatic N) is 2. The van der Waals surface area contributed by atoms with Gasteiger partial charge in [-0.2, -0.15) is 5.10 Å². The molecule has 1 heterocycles. The molecule has 0 amide bonds. The fourth-order valence-corrected chi connectivity index (χ4v) is 2.90. The van der Waals surface area contributed by atoms with Crippen molar-refractivity contribution in [2.45, 2.75) is 59.4 Å². The van der Waals surface area contributed by atoms with Crippen molar-refractivity contribution < 1.29 is 0 Å². The predicted molar refractivity (Wildman–Crippen MR) is 82.8 cm³/mol. The van der Waals surface area contributed by atoms with Gasteiger partial charge in [0.25, 0.3) is 0 Å². The summed E-state index contributed by atoms with van der Waals surface area (Å²) in [6, 6.07) is 0.600. The lowest BCUT2D eigenvalue weighted by Gasteiger charge is -2.21. The molecular formula is C15H28ClN3. The number of hydrogen-bond acceptors (Lipinski definition) is 2. The maximum absolute atomic E-state index is 6.37. The van der Waals surface area contributed by atoms with Crippen LogP contribution in [0.15, 0.2) is 0 Å². The molecule has 0 saturated heterocycles. The average Bonchev–Trinajstić information content (AvgIpc) is 2.64. The van der Waals surface area contributed by atoms with Crippen LogP contribution in [0.4, 0.5) is 0 Å². The highest BCUT2D eigenvalue weighted by Gasteiger charge is 2.15. The van der Waals surface area contributed by atoms with E-state index in [-0.39, 0.29) is 0 Å². The van der Waals surface area contributed by atoms with Crippen LogP contribution in [0.5, 0.6) is 0 Å². The van der Waals surface area contributed by atoms with E-state index >= 15 is 0 Å². The molecule has 1 atom stereocenters. The highest BCUT2D eigenvalue weighted by atomic mass is 35.5. The van der Waals surface area contributed by atoms with Crippen LogP contribution in [0.25, 0.3) is 0 Å². The Kier molecular flexibility index (Phi) is 6.87. The van der Waals surface area contributed by atoms with Gasteiger partial charge in [-0.3, -0.25) is 4.68 Å². The molecule has 1 N–H and O–H groups in total. The van der Waals surface area contributed by atoms with Gasteiger partial charge < -0.3 is 5.32 Å². The largest absolute Gasteiger partial charge is 0.314 e. The molecule has 0 saturated carbocycles. The van der Waals surface area contributed by atoms with Crippen LogP contribution in [0.1, 0.15) is 51.9 Å². The summed E-state index contributed by atoms with van der Waals surface area (Å²) in [6.07, 6.45) is 4.25. The molecule has 0 bridgehead atoms. The summed E-state index contributed by atoms with van der Waals surface area (Å²) in [4.78, 5) is 0. The minimum Gasteiger partial charge on any atom is -0.314 e. The molecule has 1 aromatic rings. The van der Waals surface area contributed by atoms with Crippen molar-refractivity contribution in [2.75, 3.05) is 6.54 Å². The maximum atomic E-state index is 6.37. The van der Waals surface area contributed by atoms with Gasteiger partial charge in [-0.05, 0) is 38.1 Å². The Balaban J connectivity index is 2.55. The number of aryl methyl sites for hydroxylation is 2. The number of aromatic nitrogens is 2. The van der Waals surface area contributed by atoms with Crippen molar-refractivity contribution in [3.63, 3.8) is 0 Å². The van der Waals surface area contributed by atoms with E-state index in [0.29, 0.717) is 12.0 Å². The van der Waals surface area contributed by atoms with E-state index in [4.69, 9.17) is 11.6 Å². The summed E-state index contributed by atoms with van der Waals surface area (Å²) in [6.45, 7) is 9.85. The van der Waals surface area contributed by atoms with Crippen molar-refractivity contribution in [3.05, 3.63) is 16.4 Å². The summed E-state index contributed by atoms with van der Waals surface area (Å²) in [5.74, 6) is 0.674. The van der Waals surface area contributed by atoms with E-state index in [9.17, 15) is 0 Å². The quantitative estimate of drug-likeness (QED) is 0.791. The minimum absolute atomic E-state index is 0.600.